The van der Waals surface area contributed by atoms with Gasteiger partial charge in [0.1, 0.15) is 0 Å². The second-order valence-electron chi connectivity index (χ2n) is 4.21. The highest BCUT2D eigenvalue weighted by Gasteiger charge is 2.23. The first-order valence-electron chi connectivity index (χ1n) is 5.89. The summed E-state index contributed by atoms with van der Waals surface area (Å²) >= 11 is 0. The lowest BCUT2D eigenvalue weighted by molar-refractivity contribution is -0.137. The van der Waals surface area contributed by atoms with Crippen LogP contribution in [0.5, 0.6) is 0 Å². The number of hydrogen-bond donors (Lipinski definition) is 3. The number of rotatable bonds is 5. The number of aliphatic carboxylic acids is 1. The first-order chi connectivity index (χ1) is 7.63. The minimum Gasteiger partial charge on any atom is -0.481 e. The van der Waals surface area contributed by atoms with Gasteiger partial charge in [0, 0.05) is 6.04 Å². The third-order valence-corrected chi connectivity index (χ3v) is 2.89. The molecule has 0 aromatic carbocycles. The Kier molecular flexibility index (Phi) is 5.25. The fourth-order valence-corrected chi connectivity index (χ4v) is 1.89. The molecule has 0 saturated carbocycles. The maximum absolute atomic E-state index is 11.8. The van der Waals surface area contributed by atoms with E-state index in [9.17, 15) is 9.59 Å². The summed E-state index contributed by atoms with van der Waals surface area (Å²) in [5.74, 6) is -0.934. The predicted octanol–water partition coefficient (Wildman–Crippen LogP) is 0.498. The molecule has 1 aliphatic heterocycles. The fourth-order valence-electron chi connectivity index (χ4n) is 1.89. The van der Waals surface area contributed by atoms with Crippen molar-refractivity contribution in [2.75, 3.05) is 6.54 Å². The number of carbonyl (C=O) groups is 2. The molecule has 2 atom stereocenters. The van der Waals surface area contributed by atoms with Gasteiger partial charge < -0.3 is 15.7 Å². The Morgan fingerprint density at radius 2 is 2.25 bits per heavy atom. The van der Waals surface area contributed by atoms with Crippen LogP contribution < -0.4 is 10.6 Å². The highest BCUT2D eigenvalue weighted by Crippen LogP contribution is 2.08. The van der Waals surface area contributed by atoms with Crippen LogP contribution >= 0.6 is 0 Å². The molecule has 1 aliphatic rings. The first-order valence-corrected chi connectivity index (χ1v) is 5.89. The molecule has 0 bridgehead atoms. The van der Waals surface area contributed by atoms with E-state index in [1.165, 1.54) is 0 Å². The van der Waals surface area contributed by atoms with E-state index in [4.69, 9.17) is 5.11 Å². The van der Waals surface area contributed by atoms with E-state index in [1.807, 2.05) is 6.92 Å². The molecule has 1 unspecified atom stereocenters. The largest absolute Gasteiger partial charge is 0.481 e. The molecular weight excluding hydrogens is 208 g/mol. The van der Waals surface area contributed by atoms with Crippen molar-refractivity contribution in [3.63, 3.8) is 0 Å². The van der Waals surface area contributed by atoms with Crippen molar-refractivity contribution in [2.24, 2.45) is 0 Å². The Morgan fingerprint density at radius 3 is 2.75 bits per heavy atom. The molecular formula is C11H20N2O3. The Balaban J connectivity index is 2.38. The predicted molar refractivity (Wildman–Crippen MR) is 60.1 cm³/mol. The quantitative estimate of drug-likeness (QED) is 0.640. The van der Waals surface area contributed by atoms with E-state index in [1.54, 1.807) is 0 Å². The second-order valence-corrected chi connectivity index (χ2v) is 4.21. The van der Waals surface area contributed by atoms with Gasteiger partial charge >= 0.3 is 5.97 Å². The average molecular weight is 228 g/mol. The number of carbonyl (C=O) groups excluding carboxylic acids is 1. The lowest BCUT2D eigenvalue weighted by atomic mass is 10.0. The zero-order valence-corrected chi connectivity index (χ0v) is 9.66. The molecule has 0 aromatic rings. The van der Waals surface area contributed by atoms with Crippen LogP contribution in [0.4, 0.5) is 0 Å². The van der Waals surface area contributed by atoms with Gasteiger partial charge in [-0.15, -0.1) is 0 Å². The first kappa shape index (κ1) is 13.0. The molecule has 3 N–H and O–H groups in total. The van der Waals surface area contributed by atoms with E-state index in [0.29, 0.717) is 6.42 Å². The summed E-state index contributed by atoms with van der Waals surface area (Å²) in [7, 11) is 0. The van der Waals surface area contributed by atoms with Gasteiger partial charge in [0.25, 0.3) is 0 Å². The minimum absolute atomic E-state index is 0.00500. The van der Waals surface area contributed by atoms with Gasteiger partial charge in [-0.3, -0.25) is 9.59 Å². The Morgan fingerprint density at radius 1 is 1.50 bits per heavy atom. The highest BCUT2D eigenvalue weighted by molar-refractivity contribution is 5.82. The van der Waals surface area contributed by atoms with E-state index in [2.05, 4.69) is 10.6 Å². The smallest absolute Gasteiger partial charge is 0.305 e. The van der Waals surface area contributed by atoms with Crippen LogP contribution in [0.1, 0.15) is 39.0 Å². The standard InChI is InChI=1S/C11H20N2O3/c1-2-8(7-10(14)15)13-11(16)9-5-3-4-6-12-9/h8-9,12H,2-7H2,1H3,(H,13,16)(H,14,15)/t8?,9-/m0/s1. The van der Waals surface area contributed by atoms with Gasteiger partial charge in [-0.25, -0.2) is 0 Å². The van der Waals surface area contributed by atoms with Crippen LogP contribution in [0.3, 0.4) is 0 Å². The number of piperidine rings is 1. The minimum atomic E-state index is -0.872. The van der Waals surface area contributed by atoms with Gasteiger partial charge in [-0.05, 0) is 25.8 Å². The van der Waals surface area contributed by atoms with Crippen molar-refractivity contribution in [2.45, 2.75) is 51.1 Å². The number of hydrogen-bond acceptors (Lipinski definition) is 3. The summed E-state index contributed by atoms with van der Waals surface area (Å²) in [6.45, 7) is 2.75. The monoisotopic (exact) mass is 228 g/mol. The molecule has 1 rings (SSSR count). The zero-order chi connectivity index (χ0) is 12.0. The zero-order valence-electron chi connectivity index (χ0n) is 9.66. The van der Waals surface area contributed by atoms with Gasteiger partial charge in [0.15, 0.2) is 0 Å². The summed E-state index contributed by atoms with van der Waals surface area (Å²) in [6, 6.07) is -0.398. The third-order valence-electron chi connectivity index (χ3n) is 2.89. The number of nitrogens with one attached hydrogen (secondary N) is 2. The summed E-state index contributed by atoms with van der Waals surface area (Å²) in [5.41, 5.74) is 0. The van der Waals surface area contributed by atoms with Crippen molar-refractivity contribution in [3.8, 4) is 0 Å². The van der Waals surface area contributed by atoms with Crippen LogP contribution in [-0.4, -0.2) is 35.6 Å². The summed E-state index contributed by atoms with van der Waals surface area (Å²) in [5, 5.41) is 14.6. The molecule has 0 aromatic heterocycles. The molecule has 0 radical (unpaired) electrons. The normalized spacial score (nSPS) is 22.4. The molecule has 1 amide bonds. The van der Waals surface area contributed by atoms with Crippen LogP contribution in [0.25, 0.3) is 0 Å². The molecule has 1 saturated heterocycles. The highest BCUT2D eigenvalue weighted by atomic mass is 16.4. The summed E-state index contributed by atoms with van der Waals surface area (Å²) in [6.07, 6.45) is 3.64. The molecule has 0 aliphatic carbocycles. The van der Waals surface area contributed by atoms with Gasteiger partial charge in [-0.1, -0.05) is 13.3 Å². The van der Waals surface area contributed by atoms with Crippen molar-refractivity contribution < 1.29 is 14.7 Å². The molecule has 1 fully saturated rings. The molecule has 5 heteroatoms. The maximum atomic E-state index is 11.8. The SMILES string of the molecule is CCC(CC(=O)O)NC(=O)[C@@H]1CCCCN1. The summed E-state index contributed by atoms with van der Waals surface area (Å²) < 4.78 is 0. The van der Waals surface area contributed by atoms with Gasteiger partial charge in [0.05, 0.1) is 12.5 Å². The lowest BCUT2D eigenvalue weighted by Crippen LogP contribution is -2.49. The van der Waals surface area contributed by atoms with Crippen LogP contribution in [-0.2, 0) is 9.59 Å². The Hall–Kier alpha value is -1.10. The number of amides is 1. The molecule has 5 nitrogen and oxygen atoms in total. The average Bonchev–Trinajstić information content (AvgIpc) is 2.28. The van der Waals surface area contributed by atoms with Crippen LogP contribution in [0.2, 0.25) is 0 Å². The number of carboxylic acid groups (broad SMARTS) is 1. The van der Waals surface area contributed by atoms with Crippen molar-refractivity contribution in [1.82, 2.24) is 10.6 Å². The van der Waals surface area contributed by atoms with E-state index < -0.39 is 5.97 Å². The molecule has 0 spiro atoms. The summed E-state index contributed by atoms with van der Waals surface area (Å²) in [4.78, 5) is 22.3. The van der Waals surface area contributed by atoms with E-state index in [-0.39, 0.29) is 24.4 Å². The Labute approximate surface area is 95.6 Å². The van der Waals surface area contributed by atoms with Crippen molar-refractivity contribution in [1.29, 1.82) is 0 Å². The number of carboxylic acids is 1. The van der Waals surface area contributed by atoms with Crippen molar-refractivity contribution >= 4 is 11.9 Å². The topological polar surface area (TPSA) is 78.4 Å². The van der Waals surface area contributed by atoms with Crippen molar-refractivity contribution in [3.05, 3.63) is 0 Å². The Bertz CT molecular complexity index is 250. The van der Waals surface area contributed by atoms with E-state index >= 15 is 0 Å². The van der Waals surface area contributed by atoms with Gasteiger partial charge in [0.2, 0.25) is 5.91 Å². The van der Waals surface area contributed by atoms with E-state index in [0.717, 1.165) is 25.8 Å². The van der Waals surface area contributed by atoms with Crippen LogP contribution in [0.15, 0.2) is 0 Å². The van der Waals surface area contributed by atoms with Gasteiger partial charge in [-0.2, -0.15) is 0 Å². The fraction of sp³-hybridized carbons (Fsp3) is 0.818. The lowest BCUT2D eigenvalue weighted by Gasteiger charge is -2.25. The molecule has 16 heavy (non-hydrogen) atoms. The maximum Gasteiger partial charge on any atom is 0.305 e. The molecule has 92 valence electrons. The second kappa shape index (κ2) is 6.48. The van der Waals surface area contributed by atoms with Crippen LogP contribution in [0, 0.1) is 0 Å². The third kappa shape index (κ3) is 4.18. The molecule has 1 heterocycles.